The summed E-state index contributed by atoms with van der Waals surface area (Å²) in [5, 5.41) is 0. The highest BCUT2D eigenvalue weighted by molar-refractivity contribution is 5.76. The largest absolute Gasteiger partial charge is 0.343 e. The zero-order valence-electron chi connectivity index (χ0n) is 9.59. The number of hydrogen-bond donors (Lipinski definition) is 0. The van der Waals surface area contributed by atoms with Crippen LogP contribution >= 0.6 is 0 Å². The molecule has 0 radical (unpaired) electrons. The molecule has 0 aliphatic carbocycles. The molecule has 1 aliphatic heterocycles. The minimum Gasteiger partial charge on any atom is -0.343 e. The molecule has 2 heteroatoms. The van der Waals surface area contributed by atoms with Crippen molar-refractivity contribution in [3.8, 4) is 0 Å². The number of carbonyl (C=O) groups excluding carboxylic acids is 1. The third kappa shape index (κ3) is 4.12. The van der Waals surface area contributed by atoms with Crippen molar-refractivity contribution in [3.63, 3.8) is 0 Å². The van der Waals surface area contributed by atoms with Crippen molar-refractivity contribution in [2.24, 2.45) is 5.92 Å². The van der Waals surface area contributed by atoms with Crippen molar-refractivity contribution in [1.29, 1.82) is 0 Å². The van der Waals surface area contributed by atoms with E-state index in [0.29, 0.717) is 5.91 Å². The first-order chi connectivity index (χ1) is 6.70. The Morgan fingerprint density at radius 1 is 1.21 bits per heavy atom. The van der Waals surface area contributed by atoms with E-state index in [1.165, 1.54) is 25.7 Å². The lowest BCUT2D eigenvalue weighted by atomic mass is 10.1. The van der Waals surface area contributed by atoms with Crippen LogP contribution in [0.15, 0.2) is 0 Å². The summed E-state index contributed by atoms with van der Waals surface area (Å²) in [6.45, 7) is 6.48. The molecule has 0 spiro atoms. The summed E-state index contributed by atoms with van der Waals surface area (Å²) >= 11 is 0. The standard InChI is InChI=1S/C12H23NO/c1-11(2)7-3-4-8-12(14)13-9-5-6-10-13/h11H,3-10H2,1-2H3. The van der Waals surface area contributed by atoms with Gasteiger partial charge in [0, 0.05) is 19.5 Å². The van der Waals surface area contributed by atoms with Crippen LogP contribution in [0.5, 0.6) is 0 Å². The molecular weight excluding hydrogens is 174 g/mol. The number of amides is 1. The Kier molecular flexibility index (Phi) is 4.99. The molecule has 1 rings (SSSR count). The van der Waals surface area contributed by atoms with Crippen LogP contribution in [0, 0.1) is 5.92 Å². The number of hydrogen-bond acceptors (Lipinski definition) is 1. The summed E-state index contributed by atoms with van der Waals surface area (Å²) in [4.78, 5) is 13.6. The molecule has 0 bridgehead atoms. The fourth-order valence-electron chi connectivity index (χ4n) is 1.95. The highest BCUT2D eigenvalue weighted by Gasteiger charge is 2.16. The van der Waals surface area contributed by atoms with Gasteiger partial charge in [0.15, 0.2) is 0 Å². The van der Waals surface area contributed by atoms with E-state index in [2.05, 4.69) is 13.8 Å². The zero-order valence-corrected chi connectivity index (χ0v) is 9.59. The van der Waals surface area contributed by atoms with Crippen molar-refractivity contribution < 1.29 is 4.79 Å². The zero-order chi connectivity index (χ0) is 10.4. The molecule has 0 aromatic heterocycles. The molecule has 1 aliphatic rings. The Balaban J connectivity index is 2.03. The minimum absolute atomic E-state index is 0.381. The first-order valence-corrected chi connectivity index (χ1v) is 5.98. The quantitative estimate of drug-likeness (QED) is 0.621. The Bertz CT molecular complexity index is 171. The van der Waals surface area contributed by atoms with E-state index in [0.717, 1.165) is 31.8 Å². The number of unbranched alkanes of at least 4 members (excludes halogenated alkanes) is 1. The molecule has 1 fully saturated rings. The molecule has 1 saturated heterocycles. The predicted molar refractivity (Wildman–Crippen MR) is 59.1 cm³/mol. The molecule has 0 N–H and O–H groups in total. The van der Waals surface area contributed by atoms with E-state index in [9.17, 15) is 4.79 Å². The molecular formula is C12H23NO. The monoisotopic (exact) mass is 197 g/mol. The van der Waals surface area contributed by atoms with Gasteiger partial charge in [-0.3, -0.25) is 4.79 Å². The Morgan fingerprint density at radius 2 is 1.86 bits per heavy atom. The SMILES string of the molecule is CC(C)CCCCC(=O)N1CCCC1. The van der Waals surface area contributed by atoms with E-state index in [1.54, 1.807) is 0 Å². The molecule has 14 heavy (non-hydrogen) atoms. The lowest BCUT2D eigenvalue weighted by Crippen LogP contribution is -2.27. The van der Waals surface area contributed by atoms with E-state index < -0.39 is 0 Å². The van der Waals surface area contributed by atoms with Gasteiger partial charge >= 0.3 is 0 Å². The van der Waals surface area contributed by atoms with Gasteiger partial charge in [-0.1, -0.05) is 26.7 Å². The summed E-state index contributed by atoms with van der Waals surface area (Å²) in [6, 6.07) is 0. The van der Waals surface area contributed by atoms with Gasteiger partial charge in [0.05, 0.1) is 0 Å². The fraction of sp³-hybridized carbons (Fsp3) is 0.917. The highest BCUT2D eigenvalue weighted by Crippen LogP contribution is 2.12. The van der Waals surface area contributed by atoms with Crippen molar-refractivity contribution in [2.75, 3.05) is 13.1 Å². The Morgan fingerprint density at radius 3 is 2.43 bits per heavy atom. The van der Waals surface area contributed by atoms with Gasteiger partial charge in [-0.25, -0.2) is 0 Å². The summed E-state index contributed by atoms with van der Waals surface area (Å²) in [5.74, 6) is 1.16. The predicted octanol–water partition coefficient (Wildman–Crippen LogP) is 2.83. The normalized spacial score (nSPS) is 16.6. The van der Waals surface area contributed by atoms with Crippen LogP contribution < -0.4 is 0 Å². The topological polar surface area (TPSA) is 20.3 Å². The van der Waals surface area contributed by atoms with E-state index in [4.69, 9.17) is 0 Å². The lowest BCUT2D eigenvalue weighted by molar-refractivity contribution is -0.130. The Labute approximate surface area is 87.7 Å². The second-order valence-corrected chi connectivity index (χ2v) is 4.73. The van der Waals surface area contributed by atoms with Crippen molar-refractivity contribution >= 4 is 5.91 Å². The maximum absolute atomic E-state index is 11.6. The van der Waals surface area contributed by atoms with Gasteiger partial charge in [0.25, 0.3) is 0 Å². The van der Waals surface area contributed by atoms with Gasteiger partial charge in [-0.2, -0.15) is 0 Å². The van der Waals surface area contributed by atoms with Crippen molar-refractivity contribution in [3.05, 3.63) is 0 Å². The van der Waals surface area contributed by atoms with Crippen molar-refractivity contribution in [1.82, 2.24) is 4.90 Å². The number of carbonyl (C=O) groups is 1. The molecule has 1 amide bonds. The van der Waals surface area contributed by atoms with Crippen LogP contribution in [0.2, 0.25) is 0 Å². The summed E-state index contributed by atoms with van der Waals surface area (Å²) in [5.41, 5.74) is 0. The second kappa shape index (κ2) is 6.05. The van der Waals surface area contributed by atoms with Crippen molar-refractivity contribution in [2.45, 2.75) is 52.4 Å². The molecule has 82 valence electrons. The van der Waals surface area contributed by atoms with Crippen LogP contribution in [0.4, 0.5) is 0 Å². The molecule has 0 aromatic rings. The number of likely N-dealkylation sites (tertiary alicyclic amines) is 1. The first-order valence-electron chi connectivity index (χ1n) is 5.98. The maximum atomic E-state index is 11.6. The fourth-order valence-corrected chi connectivity index (χ4v) is 1.95. The van der Waals surface area contributed by atoms with Gasteiger partial charge in [-0.15, -0.1) is 0 Å². The van der Waals surface area contributed by atoms with Crippen LogP contribution in [0.25, 0.3) is 0 Å². The first kappa shape index (κ1) is 11.5. The minimum atomic E-state index is 0.381. The molecule has 0 saturated carbocycles. The third-order valence-electron chi connectivity index (χ3n) is 2.88. The van der Waals surface area contributed by atoms with E-state index in [1.807, 2.05) is 4.90 Å². The Hall–Kier alpha value is -0.530. The van der Waals surface area contributed by atoms with Crippen LogP contribution in [-0.4, -0.2) is 23.9 Å². The molecule has 1 heterocycles. The maximum Gasteiger partial charge on any atom is 0.222 e. The number of rotatable bonds is 5. The van der Waals surface area contributed by atoms with E-state index >= 15 is 0 Å². The highest BCUT2D eigenvalue weighted by atomic mass is 16.2. The van der Waals surface area contributed by atoms with Crippen LogP contribution in [0.3, 0.4) is 0 Å². The van der Waals surface area contributed by atoms with Gasteiger partial charge in [-0.05, 0) is 25.2 Å². The lowest BCUT2D eigenvalue weighted by Gasteiger charge is -2.14. The molecule has 0 unspecified atom stereocenters. The summed E-state index contributed by atoms with van der Waals surface area (Å²) < 4.78 is 0. The van der Waals surface area contributed by atoms with Gasteiger partial charge in [0.1, 0.15) is 0 Å². The summed E-state index contributed by atoms with van der Waals surface area (Å²) in [6.07, 6.45) is 6.72. The molecule has 0 atom stereocenters. The second-order valence-electron chi connectivity index (χ2n) is 4.73. The van der Waals surface area contributed by atoms with E-state index in [-0.39, 0.29) is 0 Å². The smallest absolute Gasteiger partial charge is 0.222 e. The van der Waals surface area contributed by atoms with Gasteiger partial charge < -0.3 is 4.90 Å². The number of nitrogens with zero attached hydrogens (tertiary/aromatic N) is 1. The average Bonchev–Trinajstić information content (AvgIpc) is 2.64. The molecule has 0 aromatic carbocycles. The summed E-state index contributed by atoms with van der Waals surface area (Å²) in [7, 11) is 0. The van der Waals surface area contributed by atoms with Crippen LogP contribution in [-0.2, 0) is 4.79 Å². The third-order valence-corrected chi connectivity index (χ3v) is 2.88. The van der Waals surface area contributed by atoms with Gasteiger partial charge in [0.2, 0.25) is 5.91 Å². The average molecular weight is 197 g/mol. The van der Waals surface area contributed by atoms with Crippen LogP contribution in [0.1, 0.15) is 52.4 Å². The molecule has 2 nitrogen and oxygen atoms in total.